The first kappa shape index (κ1) is 8.41. The van der Waals surface area contributed by atoms with Crippen molar-refractivity contribution in [2.75, 3.05) is 0 Å². The minimum absolute atomic E-state index is 0.551. The van der Waals surface area contributed by atoms with Crippen LogP contribution in [0, 0.1) is 5.92 Å². The summed E-state index contributed by atoms with van der Waals surface area (Å²) in [7, 11) is 0. The van der Waals surface area contributed by atoms with Crippen molar-refractivity contribution >= 4 is 6.29 Å². The highest BCUT2D eigenvalue weighted by Gasteiger charge is 1.98. The second-order valence-corrected chi connectivity index (χ2v) is 2.36. The van der Waals surface area contributed by atoms with Gasteiger partial charge in [-0.05, 0) is 25.3 Å². The number of hydrogen-bond acceptors (Lipinski definition) is 1. The van der Waals surface area contributed by atoms with Crippen molar-refractivity contribution in [1.82, 2.24) is 0 Å². The van der Waals surface area contributed by atoms with E-state index in [1.807, 2.05) is 6.92 Å². The monoisotopic (exact) mass is 126 g/mol. The first-order valence-electron chi connectivity index (χ1n) is 3.34. The van der Waals surface area contributed by atoms with Crippen molar-refractivity contribution in [3.8, 4) is 0 Å². The SMILES string of the molecule is CCC(C)/C(C)=C/C=O. The highest BCUT2D eigenvalue weighted by Crippen LogP contribution is 2.11. The van der Waals surface area contributed by atoms with Gasteiger partial charge >= 0.3 is 0 Å². The summed E-state index contributed by atoms with van der Waals surface area (Å²) in [5.74, 6) is 0.551. The molecule has 9 heavy (non-hydrogen) atoms. The summed E-state index contributed by atoms with van der Waals surface area (Å²) in [6, 6.07) is 0. The lowest BCUT2D eigenvalue weighted by Crippen LogP contribution is -1.93. The standard InChI is InChI=1S/C8H14O/c1-4-7(2)8(3)5-6-9/h5-7H,4H2,1-3H3/b8-5+. The third-order valence-corrected chi connectivity index (χ3v) is 1.72. The van der Waals surface area contributed by atoms with Crippen LogP contribution in [0.25, 0.3) is 0 Å². The molecule has 1 atom stereocenters. The average molecular weight is 126 g/mol. The van der Waals surface area contributed by atoms with E-state index in [1.54, 1.807) is 6.08 Å². The fourth-order valence-electron chi connectivity index (χ4n) is 0.594. The first-order chi connectivity index (χ1) is 4.22. The molecule has 0 saturated carbocycles. The molecule has 1 unspecified atom stereocenters. The van der Waals surface area contributed by atoms with Gasteiger partial charge in [-0.2, -0.15) is 0 Å². The zero-order valence-corrected chi connectivity index (χ0v) is 6.35. The minimum atomic E-state index is 0.551. The molecule has 0 aliphatic heterocycles. The summed E-state index contributed by atoms with van der Waals surface area (Å²) in [5, 5.41) is 0. The third-order valence-electron chi connectivity index (χ3n) is 1.72. The van der Waals surface area contributed by atoms with E-state index >= 15 is 0 Å². The second kappa shape index (κ2) is 4.30. The number of carbonyl (C=O) groups is 1. The molecule has 0 aliphatic carbocycles. The molecule has 0 saturated heterocycles. The van der Waals surface area contributed by atoms with Gasteiger partial charge in [-0.15, -0.1) is 0 Å². The van der Waals surface area contributed by atoms with Crippen molar-refractivity contribution in [2.24, 2.45) is 5.92 Å². The molecule has 0 N–H and O–H groups in total. The molecule has 0 amide bonds. The van der Waals surface area contributed by atoms with Crippen LogP contribution in [-0.4, -0.2) is 6.29 Å². The topological polar surface area (TPSA) is 17.1 Å². The lowest BCUT2D eigenvalue weighted by atomic mass is 10.0. The number of hydrogen-bond donors (Lipinski definition) is 0. The molecule has 0 aliphatic rings. The molecule has 52 valence electrons. The van der Waals surface area contributed by atoms with Gasteiger partial charge < -0.3 is 0 Å². The summed E-state index contributed by atoms with van der Waals surface area (Å²) < 4.78 is 0. The Hall–Kier alpha value is -0.590. The Morgan fingerprint density at radius 2 is 2.22 bits per heavy atom. The van der Waals surface area contributed by atoms with Crippen LogP contribution in [0.15, 0.2) is 11.6 Å². The summed E-state index contributed by atoms with van der Waals surface area (Å²) in [6.45, 7) is 6.23. The first-order valence-corrected chi connectivity index (χ1v) is 3.34. The van der Waals surface area contributed by atoms with Crippen LogP contribution in [0.1, 0.15) is 27.2 Å². The lowest BCUT2D eigenvalue weighted by molar-refractivity contribution is -0.104. The van der Waals surface area contributed by atoms with Crippen LogP contribution in [-0.2, 0) is 4.79 Å². The average Bonchev–Trinajstić information content (AvgIpc) is 1.87. The van der Waals surface area contributed by atoms with Gasteiger partial charge in [-0.3, -0.25) is 4.79 Å². The summed E-state index contributed by atoms with van der Waals surface area (Å²) in [4.78, 5) is 9.96. The van der Waals surface area contributed by atoms with Gasteiger partial charge in [0, 0.05) is 0 Å². The number of allylic oxidation sites excluding steroid dienone is 2. The highest BCUT2D eigenvalue weighted by atomic mass is 16.1. The van der Waals surface area contributed by atoms with E-state index in [4.69, 9.17) is 0 Å². The molecule has 0 rings (SSSR count). The van der Waals surface area contributed by atoms with Crippen molar-refractivity contribution in [3.05, 3.63) is 11.6 Å². The van der Waals surface area contributed by atoms with Crippen molar-refractivity contribution in [2.45, 2.75) is 27.2 Å². The van der Waals surface area contributed by atoms with E-state index in [2.05, 4.69) is 13.8 Å². The van der Waals surface area contributed by atoms with E-state index in [0.29, 0.717) is 5.92 Å². The lowest BCUT2D eigenvalue weighted by Gasteiger charge is -2.05. The normalized spacial score (nSPS) is 15.2. The Labute approximate surface area is 56.8 Å². The fraction of sp³-hybridized carbons (Fsp3) is 0.625. The van der Waals surface area contributed by atoms with Crippen molar-refractivity contribution < 1.29 is 4.79 Å². The van der Waals surface area contributed by atoms with Crippen molar-refractivity contribution in [1.29, 1.82) is 0 Å². The zero-order valence-electron chi connectivity index (χ0n) is 6.35. The van der Waals surface area contributed by atoms with Crippen LogP contribution in [0.5, 0.6) is 0 Å². The number of rotatable bonds is 3. The van der Waals surface area contributed by atoms with Crippen LogP contribution < -0.4 is 0 Å². The predicted molar refractivity (Wildman–Crippen MR) is 39.3 cm³/mol. The second-order valence-electron chi connectivity index (χ2n) is 2.36. The molecule has 0 aromatic carbocycles. The number of aldehydes is 1. The van der Waals surface area contributed by atoms with E-state index in [0.717, 1.165) is 12.7 Å². The van der Waals surface area contributed by atoms with E-state index in [-0.39, 0.29) is 0 Å². The summed E-state index contributed by atoms with van der Waals surface area (Å²) in [6.07, 6.45) is 3.59. The molecule has 0 aromatic rings. The fourth-order valence-corrected chi connectivity index (χ4v) is 0.594. The van der Waals surface area contributed by atoms with Crippen molar-refractivity contribution in [3.63, 3.8) is 0 Å². The van der Waals surface area contributed by atoms with Gasteiger partial charge in [0.1, 0.15) is 6.29 Å². The van der Waals surface area contributed by atoms with E-state index in [1.165, 1.54) is 5.57 Å². The van der Waals surface area contributed by atoms with Gasteiger partial charge in [0.25, 0.3) is 0 Å². The Kier molecular flexibility index (Phi) is 4.02. The van der Waals surface area contributed by atoms with E-state index < -0.39 is 0 Å². The third kappa shape index (κ3) is 3.07. The van der Waals surface area contributed by atoms with Crippen LogP contribution in [0.3, 0.4) is 0 Å². The van der Waals surface area contributed by atoms with Crippen LogP contribution in [0.4, 0.5) is 0 Å². The van der Waals surface area contributed by atoms with Gasteiger partial charge in [-0.1, -0.05) is 19.4 Å². The Bertz CT molecular complexity index is 114. The molecule has 0 aromatic heterocycles. The van der Waals surface area contributed by atoms with Gasteiger partial charge in [0.15, 0.2) is 0 Å². The smallest absolute Gasteiger partial charge is 0.142 e. The maximum Gasteiger partial charge on any atom is 0.142 e. The molecule has 0 heterocycles. The molecular weight excluding hydrogens is 112 g/mol. The largest absolute Gasteiger partial charge is 0.299 e. The Morgan fingerprint density at radius 1 is 1.67 bits per heavy atom. The highest BCUT2D eigenvalue weighted by molar-refractivity contribution is 5.65. The molecule has 0 spiro atoms. The van der Waals surface area contributed by atoms with Crippen LogP contribution in [0.2, 0.25) is 0 Å². The molecular formula is C8H14O. The summed E-state index contributed by atoms with van der Waals surface area (Å²) in [5.41, 5.74) is 1.17. The maximum absolute atomic E-state index is 9.96. The van der Waals surface area contributed by atoms with Gasteiger partial charge in [-0.25, -0.2) is 0 Å². The predicted octanol–water partition coefficient (Wildman–Crippen LogP) is 2.18. The maximum atomic E-state index is 9.96. The van der Waals surface area contributed by atoms with E-state index in [9.17, 15) is 4.79 Å². The van der Waals surface area contributed by atoms with Crippen LogP contribution >= 0.6 is 0 Å². The Balaban J connectivity index is 3.84. The van der Waals surface area contributed by atoms with Gasteiger partial charge in [0.05, 0.1) is 0 Å². The molecule has 0 fully saturated rings. The zero-order chi connectivity index (χ0) is 7.28. The number of carbonyl (C=O) groups excluding carboxylic acids is 1. The molecule has 0 bridgehead atoms. The van der Waals surface area contributed by atoms with Gasteiger partial charge in [0.2, 0.25) is 0 Å². The Morgan fingerprint density at radius 3 is 2.56 bits per heavy atom. The summed E-state index contributed by atoms with van der Waals surface area (Å²) >= 11 is 0. The molecule has 1 nitrogen and oxygen atoms in total. The quantitative estimate of drug-likeness (QED) is 0.418. The molecule has 0 radical (unpaired) electrons. The minimum Gasteiger partial charge on any atom is -0.299 e. The molecule has 1 heteroatoms.